The molecule has 27 heavy (non-hydrogen) atoms. The third kappa shape index (κ3) is 2.58. The molecule has 12 heteroatoms. The van der Waals surface area contributed by atoms with E-state index in [2.05, 4.69) is 0 Å². The lowest BCUT2D eigenvalue weighted by atomic mass is 10.2. The van der Waals surface area contributed by atoms with Crippen molar-refractivity contribution in [2.24, 2.45) is 0 Å². The van der Waals surface area contributed by atoms with Gasteiger partial charge in [-0.25, -0.2) is 9.59 Å². The van der Waals surface area contributed by atoms with Gasteiger partial charge in [-0.05, 0) is 4.59 Å². The number of carboxylic acid groups (broad SMARTS) is 1. The van der Waals surface area contributed by atoms with Crippen LogP contribution in [0.1, 0.15) is 16.8 Å². The van der Waals surface area contributed by atoms with Gasteiger partial charge in [-0.1, -0.05) is 17.1 Å². The van der Waals surface area contributed by atoms with Crippen molar-refractivity contribution in [2.75, 3.05) is 0 Å². The van der Waals surface area contributed by atoms with Gasteiger partial charge < -0.3 is 9.90 Å². The number of nitrogens with zero attached hydrogens (tertiary/aromatic N) is 2. The van der Waals surface area contributed by atoms with E-state index in [4.69, 9.17) is 4.55 Å². The first-order chi connectivity index (χ1) is 12.5. The number of carbonyl (C=O) groups excluding carboxylic acids is 5. The molecule has 1 aromatic rings. The Kier molecular flexibility index (Phi) is 4.06. The highest BCUT2D eigenvalue weighted by Gasteiger charge is 2.64. The summed E-state index contributed by atoms with van der Waals surface area (Å²) in [5.41, 5.74) is -0.822. The third-order valence-corrected chi connectivity index (χ3v) is 5.29. The summed E-state index contributed by atoms with van der Waals surface area (Å²) in [7, 11) is -4.98. The minimum Gasteiger partial charge on any atom is -0.545 e. The lowest BCUT2D eigenvalue weighted by molar-refractivity contribution is -0.255. The van der Waals surface area contributed by atoms with Gasteiger partial charge in [0.1, 0.15) is 0 Å². The molecule has 2 aliphatic rings. The molecule has 1 aromatic carbocycles. The molecule has 3 rings (SSSR count). The summed E-state index contributed by atoms with van der Waals surface area (Å²) < 4.78 is 30.2. The average molecular weight is 394 g/mol. The molecular formula is C15H10N2O9S. The lowest BCUT2D eigenvalue weighted by Crippen LogP contribution is -2.68. The van der Waals surface area contributed by atoms with Crippen molar-refractivity contribution in [3.8, 4) is 0 Å². The second kappa shape index (κ2) is 5.90. The molecular weight excluding hydrogens is 384 g/mol. The molecule has 2 aliphatic heterocycles. The number of aromatic carboxylic acids is 1. The molecule has 0 bridgehead atoms. The van der Waals surface area contributed by atoms with Crippen molar-refractivity contribution in [3.63, 3.8) is 0 Å². The zero-order chi connectivity index (χ0) is 20.1. The number of imide groups is 2. The van der Waals surface area contributed by atoms with E-state index >= 15 is 0 Å². The molecule has 2 heterocycles. The second-order valence-electron chi connectivity index (χ2n) is 5.73. The maximum atomic E-state index is 12.6. The predicted molar refractivity (Wildman–Crippen MR) is 83.5 cm³/mol. The summed E-state index contributed by atoms with van der Waals surface area (Å²) in [6.07, 6.45) is 0.573. The number of carboxylic acids is 1. The Morgan fingerprint density at radius 3 is 2.22 bits per heavy atom. The van der Waals surface area contributed by atoms with Crippen molar-refractivity contribution in [1.82, 2.24) is 9.60 Å². The number of amides is 4. The normalized spacial score (nSPS) is 22.0. The fourth-order valence-electron chi connectivity index (χ4n) is 3.01. The monoisotopic (exact) mass is 394 g/mol. The minimum atomic E-state index is -4.98. The predicted octanol–water partition coefficient (Wildman–Crippen LogP) is -2.09. The van der Waals surface area contributed by atoms with E-state index in [0.717, 1.165) is 36.4 Å². The summed E-state index contributed by atoms with van der Waals surface area (Å²) in [5, 5.41) is 9.05. The molecule has 0 spiro atoms. The summed E-state index contributed by atoms with van der Waals surface area (Å²) in [6.45, 7) is 0. The summed E-state index contributed by atoms with van der Waals surface area (Å²) in [4.78, 5) is 61.1. The molecule has 0 aliphatic carbocycles. The van der Waals surface area contributed by atoms with Gasteiger partial charge in [0, 0.05) is 17.7 Å². The number of carbonyl (C=O) groups is 5. The first kappa shape index (κ1) is 18.6. The zero-order valence-electron chi connectivity index (χ0n) is 13.3. The molecule has 11 nitrogen and oxygen atoms in total. The highest BCUT2D eigenvalue weighted by atomic mass is 32.2. The van der Waals surface area contributed by atoms with Crippen LogP contribution in [0.2, 0.25) is 0 Å². The van der Waals surface area contributed by atoms with Crippen LogP contribution in [0, 0.1) is 0 Å². The maximum Gasteiger partial charge on any atom is 0.377 e. The van der Waals surface area contributed by atoms with E-state index in [1.807, 2.05) is 0 Å². The Labute approximate surface area is 151 Å². The van der Waals surface area contributed by atoms with E-state index in [1.54, 1.807) is 0 Å². The average Bonchev–Trinajstić information content (AvgIpc) is 3.04. The Morgan fingerprint density at radius 2 is 1.74 bits per heavy atom. The van der Waals surface area contributed by atoms with Crippen LogP contribution in [0.3, 0.4) is 0 Å². The number of rotatable bonds is 4. The van der Waals surface area contributed by atoms with E-state index in [0.29, 0.717) is 0 Å². The van der Waals surface area contributed by atoms with E-state index < -0.39 is 61.5 Å². The summed E-state index contributed by atoms with van der Waals surface area (Å²) in [6, 6.07) is 4.24. The SMILES string of the molecule is O=C([O-])c1cccc([N+]2(N3C(=O)CC(S(=O)(=O)O)C3=O)C(=O)C=CC2=O)c1. The van der Waals surface area contributed by atoms with Gasteiger partial charge in [0.2, 0.25) is 0 Å². The van der Waals surface area contributed by atoms with Crippen LogP contribution in [0.15, 0.2) is 36.4 Å². The van der Waals surface area contributed by atoms with Gasteiger partial charge in [-0.15, -0.1) is 0 Å². The summed E-state index contributed by atoms with van der Waals surface area (Å²) in [5.74, 6) is -6.50. The Bertz CT molecular complexity index is 1040. The quantitative estimate of drug-likeness (QED) is 0.342. The van der Waals surface area contributed by atoms with E-state index in [9.17, 15) is 37.5 Å². The first-order valence-electron chi connectivity index (χ1n) is 7.33. The molecule has 1 saturated heterocycles. The van der Waals surface area contributed by atoms with Crippen LogP contribution in [0.4, 0.5) is 5.69 Å². The van der Waals surface area contributed by atoms with Crippen molar-refractivity contribution >= 4 is 45.4 Å². The van der Waals surface area contributed by atoms with Gasteiger partial charge >= 0.3 is 11.8 Å². The molecule has 4 amide bonds. The largest absolute Gasteiger partial charge is 0.545 e. The van der Waals surface area contributed by atoms with Crippen LogP contribution < -0.4 is 9.70 Å². The van der Waals surface area contributed by atoms with Gasteiger partial charge in [-0.2, -0.15) is 8.42 Å². The van der Waals surface area contributed by atoms with Crippen molar-refractivity contribution in [3.05, 3.63) is 42.0 Å². The molecule has 1 fully saturated rings. The maximum absolute atomic E-state index is 12.6. The topological polar surface area (TPSA) is 166 Å². The number of quaternary nitrogens is 1. The number of hydrogen-bond donors (Lipinski definition) is 1. The van der Waals surface area contributed by atoms with Crippen LogP contribution in [-0.2, 0) is 29.3 Å². The highest BCUT2D eigenvalue weighted by Crippen LogP contribution is 2.36. The smallest absolute Gasteiger partial charge is 0.377 e. The van der Waals surface area contributed by atoms with Crippen LogP contribution in [0.5, 0.6) is 0 Å². The fourth-order valence-corrected chi connectivity index (χ4v) is 3.72. The Hall–Kier alpha value is -3.22. The zero-order valence-corrected chi connectivity index (χ0v) is 14.1. The highest BCUT2D eigenvalue weighted by molar-refractivity contribution is 7.87. The minimum absolute atomic E-state index is 0.123. The van der Waals surface area contributed by atoms with Gasteiger partial charge in [-0.3, -0.25) is 14.1 Å². The molecule has 0 saturated carbocycles. The van der Waals surface area contributed by atoms with Crippen LogP contribution in [0.25, 0.3) is 0 Å². The van der Waals surface area contributed by atoms with E-state index in [-0.39, 0.29) is 10.7 Å². The first-order valence-corrected chi connectivity index (χ1v) is 8.83. The molecule has 0 aromatic heterocycles. The van der Waals surface area contributed by atoms with Gasteiger partial charge in [0.15, 0.2) is 10.9 Å². The van der Waals surface area contributed by atoms with Gasteiger partial charge in [0.05, 0.1) is 24.5 Å². The van der Waals surface area contributed by atoms with Crippen LogP contribution >= 0.6 is 0 Å². The molecule has 1 N–H and O–H groups in total. The number of benzene rings is 1. The second-order valence-corrected chi connectivity index (χ2v) is 7.33. The van der Waals surface area contributed by atoms with Crippen molar-refractivity contribution < 1.29 is 42.0 Å². The van der Waals surface area contributed by atoms with Crippen molar-refractivity contribution in [1.29, 1.82) is 0 Å². The fraction of sp³-hybridized carbons (Fsp3) is 0.133. The third-order valence-electron chi connectivity index (χ3n) is 4.20. The molecule has 1 atom stereocenters. The Balaban J connectivity index is 2.26. The van der Waals surface area contributed by atoms with Gasteiger partial charge in [0.25, 0.3) is 21.9 Å². The standard InChI is InChI=1S/C15H10N2O9S/c18-11-7-10(27(24,25)26)14(21)16(11)17(12(19)4-5-13(17)20)9-3-1-2-8(6-9)15(22)23/h1-6,10H,7H2,(H-,22,23,24,25,26). The van der Waals surface area contributed by atoms with Crippen LogP contribution in [-0.4, -0.2) is 52.8 Å². The molecule has 140 valence electrons. The molecule has 0 radical (unpaired) electrons. The lowest BCUT2D eigenvalue weighted by Gasteiger charge is -2.33. The van der Waals surface area contributed by atoms with E-state index in [1.165, 1.54) is 0 Å². The number of hydrogen-bond acceptors (Lipinski definition) is 8. The molecule has 1 unspecified atom stereocenters. The Morgan fingerprint density at radius 1 is 1.15 bits per heavy atom. The summed E-state index contributed by atoms with van der Waals surface area (Å²) >= 11 is 0. The van der Waals surface area contributed by atoms with Crippen molar-refractivity contribution in [2.45, 2.75) is 11.7 Å².